The van der Waals surface area contributed by atoms with Crippen LogP contribution in [0.2, 0.25) is 0 Å². The lowest BCUT2D eigenvalue weighted by Crippen LogP contribution is -2.28. The first-order chi connectivity index (χ1) is 14.9. The number of hydrogen-bond acceptors (Lipinski definition) is 6. The smallest absolute Gasteiger partial charge is 0.251 e. The number of hydrogen-bond donors (Lipinski definition) is 2. The van der Waals surface area contributed by atoms with E-state index in [1.165, 1.54) is 11.8 Å². The van der Waals surface area contributed by atoms with Crippen LogP contribution in [0.5, 0.6) is 5.75 Å². The fraction of sp³-hybridized carbons (Fsp3) is 0.238. The molecule has 2 N–H and O–H groups in total. The molecule has 1 aromatic heterocycles. The van der Waals surface area contributed by atoms with E-state index in [1.807, 2.05) is 31.2 Å². The predicted octanol–water partition coefficient (Wildman–Crippen LogP) is 3.81. The fourth-order valence-corrected chi connectivity index (χ4v) is 3.76. The average molecular weight is 504 g/mol. The first-order valence-electron chi connectivity index (χ1n) is 9.40. The maximum Gasteiger partial charge on any atom is 0.251 e. The van der Waals surface area contributed by atoms with Gasteiger partial charge in [-0.2, -0.15) is 0 Å². The first-order valence-corrected chi connectivity index (χ1v) is 11.2. The van der Waals surface area contributed by atoms with Gasteiger partial charge in [0.25, 0.3) is 5.91 Å². The van der Waals surface area contributed by atoms with E-state index in [2.05, 4.69) is 36.8 Å². The number of carbonyl (C=O) groups is 2. The van der Waals surface area contributed by atoms with Crippen molar-refractivity contribution in [2.45, 2.75) is 18.1 Å². The Kier molecular flexibility index (Phi) is 7.69. The number of methoxy groups -OCH3 is 1. The summed E-state index contributed by atoms with van der Waals surface area (Å²) in [4.78, 5) is 24.7. The van der Waals surface area contributed by atoms with Gasteiger partial charge in [-0.3, -0.25) is 9.59 Å². The quantitative estimate of drug-likeness (QED) is 0.453. The molecule has 0 aliphatic heterocycles. The molecular weight excluding hydrogens is 482 g/mol. The van der Waals surface area contributed by atoms with E-state index in [9.17, 15) is 9.59 Å². The van der Waals surface area contributed by atoms with Gasteiger partial charge >= 0.3 is 0 Å². The normalized spacial score (nSPS) is 11.6. The third-order valence-electron chi connectivity index (χ3n) is 4.42. The molecule has 10 heteroatoms. The molecule has 0 bridgehead atoms. The lowest BCUT2D eigenvalue weighted by molar-refractivity contribution is -0.113. The van der Waals surface area contributed by atoms with E-state index in [1.54, 1.807) is 43.0 Å². The molecule has 1 atom stereocenters. The molecule has 0 spiro atoms. The van der Waals surface area contributed by atoms with Crippen LogP contribution in [0.1, 0.15) is 29.1 Å². The Bertz CT molecular complexity index is 1050. The Morgan fingerprint density at radius 3 is 2.45 bits per heavy atom. The van der Waals surface area contributed by atoms with Crippen LogP contribution in [-0.2, 0) is 11.8 Å². The van der Waals surface area contributed by atoms with Gasteiger partial charge in [0.1, 0.15) is 5.75 Å². The predicted molar refractivity (Wildman–Crippen MR) is 123 cm³/mol. The molecule has 0 fully saturated rings. The van der Waals surface area contributed by atoms with Gasteiger partial charge in [0.05, 0.1) is 18.9 Å². The molecular formula is C21H22BrN5O3S. The number of benzene rings is 2. The molecule has 2 aromatic carbocycles. The highest BCUT2D eigenvalue weighted by Crippen LogP contribution is 2.20. The van der Waals surface area contributed by atoms with E-state index in [0.717, 1.165) is 10.2 Å². The molecule has 0 radical (unpaired) electrons. The van der Waals surface area contributed by atoms with Crippen LogP contribution in [0, 0.1) is 0 Å². The lowest BCUT2D eigenvalue weighted by Gasteiger charge is -2.14. The first kappa shape index (κ1) is 22.8. The van der Waals surface area contributed by atoms with Gasteiger partial charge < -0.3 is 19.9 Å². The third-order valence-corrected chi connectivity index (χ3v) is 5.96. The summed E-state index contributed by atoms with van der Waals surface area (Å²) in [6.45, 7) is 1.83. The fourth-order valence-electron chi connectivity index (χ4n) is 2.78. The van der Waals surface area contributed by atoms with E-state index in [4.69, 9.17) is 4.74 Å². The number of carbonyl (C=O) groups excluding carboxylic acids is 2. The Hall–Kier alpha value is -2.85. The highest BCUT2D eigenvalue weighted by Gasteiger charge is 2.19. The van der Waals surface area contributed by atoms with Crippen molar-refractivity contribution in [2.24, 2.45) is 7.05 Å². The van der Waals surface area contributed by atoms with Crippen LogP contribution in [0.3, 0.4) is 0 Å². The molecule has 0 saturated heterocycles. The summed E-state index contributed by atoms with van der Waals surface area (Å²) in [5, 5.41) is 14.7. The summed E-state index contributed by atoms with van der Waals surface area (Å²) in [6, 6.07) is 13.9. The monoisotopic (exact) mass is 503 g/mol. The molecule has 8 nitrogen and oxygen atoms in total. The molecule has 0 unspecified atom stereocenters. The maximum atomic E-state index is 12.5. The topological polar surface area (TPSA) is 98.1 Å². The van der Waals surface area contributed by atoms with Gasteiger partial charge in [0.15, 0.2) is 11.0 Å². The minimum atomic E-state index is -0.363. The van der Waals surface area contributed by atoms with Gasteiger partial charge in [0, 0.05) is 22.8 Å². The number of thioether (sulfide) groups is 1. The minimum absolute atomic E-state index is 0.141. The number of rotatable bonds is 8. The molecule has 3 rings (SSSR count). The van der Waals surface area contributed by atoms with Gasteiger partial charge in [-0.25, -0.2) is 0 Å². The molecule has 162 valence electrons. The van der Waals surface area contributed by atoms with Crippen LogP contribution >= 0.6 is 27.7 Å². The highest BCUT2D eigenvalue weighted by atomic mass is 79.9. The van der Waals surface area contributed by atoms with Crippen LogP contribution < -0.4 is 15.4 Å². The summed E-state index contributed by atoms with van der Waals surface area (Å²) in [7, 11) is 3.38. The van der Waals surface area contributed by atoms with E-state index < -0.39 is 0 Å². The van der Waals surface area contributed by atoms with Gasteiger partial charge in [-0.15, -0.1) is 10.2 Å². The van der Waals surface area contributed by atoms with Gasteiger partial charge in [0.2, 0.25) is 5.91 Å². The van der Waals surface area contributed by atoms with Crippen molar-refractivity contribution in [3.63, 3.8) is 0 Å². The Labute approximate surface area is 192 Å². The number of anilines is 1. The highest BCUT2D eigenvalue weighted by molar-refractivity contribution is 9.10. The lowest BCUT2D eigenvalue weighted by atomic mass is 10.2. The van der Waals surface area contributed by atoms with E-state index >= 15 is 0 Å². The third kappa shape index (κ3) is 6.08. The minimum Gasteiger partial charge on any atom is -0.497 e. The van der Waals surface area contributed by atoms with Crippen molar-refractivity contribution in [2.75, 3.05) is 18.2 Å². The molecule has 31 heavy (non-hydrogen) atoms. The summed E-state index contributed by atoms with van der Waals surface area (Å²) >= 11 is 4.64. The summed E-state index contributed by atoms with van der Waals surface area (Å²) < 4.78 is 7.83. The standard InChI is InChI=1S/C21H22BrN5O3S/c1-13(23-20(29)14-4-10-17(30-3)11-5-14)19-25-26-21(27(19)2)31-12-18(28)24-16-8-6-15(22)7-9-16/h4-11,13H,12H2,1-3H3,(H,23,29)(H,24,28)/t13-/m1/s1. The van der Waals surface area contributed by atoms with Gasteiger partial charge in [-0.05, 0) is 55.5 Å². The van der Waals surface area contributed by atoms with Crippen molar-refractivity contribution >= 4 is 45.2 Å². The summed E-state index contributed by atoms with van der Waals surface area (Å²) in [5.41, 5.74) is 1.25. The average Bonchev–Trinajstić information content (AvgIpc) is 3.14. The zero-order chi connectivity index (χ0) is 22.4. The summed E-state index contributed by atoms with van der Waals surface area (Å²) in [5.74, 6) is 1.11. The Balaban J connectivity index is 1.56. The van der Waals surface area contributed by atoms with Crippen molar-refractivity contribution < 1.29 is 14.3 Å². The molecule has 0 aliphatic rings. The largest absolute Gasteiger partial charge is 0.497 e. The van der Waals surface area contributed by atoms with Crippen LogP contribution in [-0.4, -0.2) is 39.4 Å². The Morgan fingerprint density at radius 1 is 1.13 bits per heavy atom. The molecule has 0 saturated carbocycles. The van der Waals surface area contributed by atoms with Crippen LogP contribution in [0.4, 0.5) is 5.69 Å². The number of nitrogens with zero attached hydrogens (tertiary/aromatic N) is 3. The van der Waals surface area contributed by atoms with Gasteiger partial charge in [-0.1, -0.05) is 27.7 Å². The van der Waals surface area contributed by atoms with Crippen molar-refractivity contribution in [1.29, 1.82) is 0 Å². The molecule has 2 amide bonds. The molecule has 3 aromatic rings. The van der Waals surface area contributed by atoms with Crippen LogP contribution in [0.15, 0.2) is 58.2 Å². The number of nitrogens with one attached hydrogen (secondary N) is 2. The molecule has 1 heterocycles. The molecule has 0 aliphatic carbocycles. The number of ether oxygens (including phenoxy) is 1. The van der Waals surface area contributed by atoms with E-state index in [-0.39, 0.29) is 23.6 Å². The second kappa shape index (κ2) is 10.5. The van der Waals surface area contributed by atoms with Crippen molar-refractivity contribution in [3.8, 4) is 5.75 Å². The number of amides is 2. The second-order valence-electron chi connectivity index (χ2n) is 6.67. The number of aromatic nitrogens is 3. The van der Waals surface area contributed by atoms with Crippen LogP contribution in [0.25, 0.3) is 0 Å². The van der Waals surface area contributed by atoms with Crippen molar-refractivity contribution in [1.82, 2.24) is 20.1 Å². The summed E-state index contributed by atoms with van der Waals surface area (Å²) in [6.07, 6.45) is 0. The zero-order valence-electron chi connectivity index (χ0n) is 17.3. The van der Waals surface area contributed by atoms with Crippen molar-refractivity contribution in [3.05, 3.63) is 64.4 Å². The zero-order valence-corrected chi connectivity index (χ0v) is 19.7. The Morgan fingerprint density at radius 2 is 1.81 bits per heavy atom. The second-order valence-corrected chi connectivity index (χ2v) is 8.53. The SMILES string of the molecule is COc1ccc(C(=O)N[C@H](C)c2nnc(SCC(=O)Nc3ccc(Br)cc3)n2C)cc1. The van der Waals surface area contributed by atoms with E-state index in [0.29, 0.717) is 22.3 Å². The maximum absolute atomic E-state index is 12.5. The number of halogens is 1.